The Balaban J connectivity index is 1.91. The summed E-state index contributed by atoms with van der Waals surface area (Å²) in [5.41, 5.74) is 2.06. The van der Waals surface area contributed by atoms with Crippen LogP contribution in [0.15, 0.2) is 39.2 Å². The Morgan fingerprint density at radius 3 is 2.81 bits per heavy atom. The molecule has 0 aromatic carbocycles. The predicted molar refractivity (Wildman–Crippen MR) is 102 cm³/mol. The molecule has 14 heteroatoms. The van der Waals surface area contributed by atoms with Crippen LogP contribution >= 0.6 is 11.8 Å². The molecule has 13 nitrogen and oxygen atoms in total. The van der Waals surface area contributed by atoms with Gasteiger partial charge in [-0.05, 0) is 12.1 Å². The first-order valence-electron chi connectivity index (χ1n) is 8.46. The van der Waals surface area contributed by atoms with Gasteiger partial charge in [0, 0.05) is 11.3 Å². The number of nitrogens with one attached hydrogen (secondary N) is 1. The topological polar surface area (TPSA) is 191 Å². The number of aliphatic carboxylic acids is 1. The number of carbonyl (C=O) groups is 4. The van der Waals surface area contributed by atoms with Crippen LogP contribution in [0.4, 0.5) is 4.79 Å². The van der Waals surface area contributed by atoms with Crippen LogP contribution in [0.2, 0.25) is 0 Å². The van der Waals surface area contributed by atoms with E-state index in [1.54, 1.807) is 6.29 Å². The lowest BCUT2D eigenvalue weighted by atomic mass is 9.86. The minimum atomic E-state index is -2.39. The molecule has 163 valence electrons. The first-order chi connectivity index (χ1) is 14.8. The third kappa shape index (κ3) is 3.61. The van der Waals surface area contributed by atoms with Crippen molar-refractivity contribution >= 4 is 47.6 Å². The lowest BCUT2D eigenvalue weighted by Gasteiger charge is -2.54. The van der Waals surface area contributed by atoms with E-state index in [2.05, 4.69) is 20.0 Å². The molecule has 0 spiro atoms. The lowest BCUT2D eigenvalue weighted by molar-refractivity contribution is -0.169. The summed E-state index contributed by atoms with van der Waals surface area (Å²) in [6.45, 7) is -0.376. The summed E-state index contributed by atoms with van der Waals surface area (Å²) in [6, 6.07) is 2.86. The molecule has 0 aliphatic carbocycles. The van der Waals surface area contributed by atoms with Crippen LogP contribution in [0.1, 0.15) is 5.76 Å². The first-order valence-corrected chi connectivity index (χ1v) is 9.51. The maximum absolute atomic E-state index is 12.9. The Morgan fingerprint density at radius 1 is 1.52 bits per heavy atom. The smallest absolute Gasteiger partial charge is 0.404 e. The van der Waals surface area contributed by atoms with Crippen molar-refractivity contribution in [2.75, 3.05) is 19.5 Å². The van der Waals surface area contributed by atoms with Crippen LogP contribution in [-0.4, -0.2) is 76.3 Å². The minimum absolute atomic E-state index is 0.0208. The van der Waals surface area contributed by atoms with Gasteiger partial charge in [-0.15, -0.1) is 11.8 Å². The summed E-state index contributed by atoms with van der Waals surface area (Å²) >= 11 is 0.942. The first kappa shape index (κ1) is 21.9. The normalized spacial score (nSPS) is 22.9. The Bertz CT molecular complexity index is 1000. The minimum Gasteiger partial charge on any atom is -0.479 e. The Labute approximate surface area is 178 Å². The highest BCUT2D eigenvalue weighted by Crippen LogP contribution is 2.46. The molecule has 0 bridgehead atoms. The number of amides is 3. The van der Waals surface area contributed by atoms with E-state index in [-0.39, 0.29) is 29.4 Å². The number of rotatable bonds is 8. The van der Waals surface area contributed by atoms with Crippen molar-refractivity contribution < 1.29 is 43.1 Å². The fraction of sp³-hybridized carbons (Fsp3) is 0.294. The summed E-state index contributed by atoms with van der Waals surface area (Å²) in [5, 5.41) is 14.4. The number of hydrogen-bond donors (Lipinski definition) is 3. The molecular formula is C17H15N4O9S. The molecule has 3 rings (SSSR count). The molecule has 0 unspecified atom stereocenters. The zero-order valence-corrected chi connectivity index (χ0v) is 16.6. The largest absolute Gasteiger partial charge is 0.479 e. The van der Waals surface area contributed by atoms with Crippen molar-refractivity contribution in [3.05, 3.63) is 35.4 Å². The number of allylic oxidation sites excluding steroid dienone is 1. The third-order valence-corrected chi connectivity index (χ3v) is 5.83. The maximum atomic E-state index is 12.9. The van der Waals surface area contributed by atoms with Gasteiger partial charge in [0.05, 0.1) is 6.26 Å². The number of oxime groups is 1. The summed E-state index contributed by atoms with van der Waals surface area (Å²) in [6.07, 6.45) is 1.74. The fourth-order valence-electron chi connectivity index (χ4n) is 3.06. The van der Waals surface area contributed by atoms with Gasteiger partial charge in [-0.2, -0.15) is 0 Å². The SMILES string of the molecule is CON=C(C(=O)N[C@@]1(C(=O)O)C(=O)N2C([C]=O)=C(COC(N)=O)CS[C@@H]21)c1ccco1. The zero-order valence-electron chi connectivity index (χ0n) is 15.8. The van der Waals surface area contributed by atoms with Gasteiger partial charge >= 0.3 is 12.1 Å². The number of thioether (sulfide) groups is 1. The molecule has 1 fully saturated rings. The van der Waals surface area contributed by atoms with Crippen LogP contribution in [0.25, 0.3) is 0 Å². The molecule has 2 aliphatic rings. The second kappa shape index (κ2) is 8.51. The number of nitrogens with two attached hydrogens (primary N) is 1. The molecule has 3 amide bonds. The van der Waals surface area contributed by atoms with Gasteiger partial charge in [0.15, 0.2) is 5.76 Å². The predicted octanol–water partition coefficient (Wildman–Crippen LogP) is -1.06. The quantitative estimate of drug-likeness (QED) is 0.190. The average molecular weight is 451 g/mol. The van der Waals surface area contributed by atoms with E-state index in [9.17, 15) is 29.1 Å². The summed E-state index contributed by atoms with van der Waals surface area (Å²) in [7, 11) is 1.17. The molecule has 1 aromatic heterocycles. The highest BCUT2D eigenvalue weighted by molar-refractivity contribution is 8.00. The van der Waals surface area contributed by atoms with Crippen LogP contribution in [0.3, 0.4) is 0 Å². The van der Waals surface area contributed by atoms with Gasteiger partial charge in [-0.25, -0.2) is 9.59 Å². The van der Waals surface area contributed by atoms with Gasteiger partial charge in [-0.1, -0.05) is 5.16 Å². The van der Waals surface area contributed by atoms with Gasteiger partial charge in [0.25, 0.3) is 18.1 Å². The molecule has 3 heterocycles. The highest BCUT2D eigenvalue weighted by Gasteiger charge is 2.70. The van der Waals surface area contributed by atoms with Crippen LogP contribution in [0, 0.1) is 0 Å². The van der Waals surface area contributed by atoms with Crippen molar-refractivity contribution in [1.29, 1.82) is 0 Å². The van der Waals surface area contributed by atoms with Gasteiger partial charge in [0.1, 0.15) is 24.8 Å². The number of furan rings is 1. The fourth-order valence-corrected chi connectivity index (χ4v) is 4.50. The molecule has 1 saturated heterocycles. The molecule has 1 radical (unpaired) electrons. The molecule has 0 saturated carbocycles. The summed E-state index contributed by atoms with van der Waals surface area (Å²) in [5.74, 6) is -3.77. The van der Waals surface area contributed by atoms with E-state index in [1.807, 2.05) is 0 Å². The molecule has 4 N–H and O–H groups in total. The monoisotopic (exact) mass is 451 g/mol. The molecule has 1 aromatic rings. The number of carbonyl (C=O) groups excluding carboxylic acids is 4. The van der Waals surface area contributed by atoms with E-state index >= 15 is 0 Å². The van der Waals surface area contributed by atoms with E-state index in [1.165, 1.54) is 25.5 Å². The van der Waals surface area contributed by atoms with Gasteiger partial charge in [0.2, 0.25) is 11.3 Å². The number of nitrogens with zero attached hydrogens (tertiary/aromatic N) is 2. The summed E-state index contributed by atoms with van der Waals surface area (Å²) < 4.78 is 9.74. The van der Waals surface area contributed by atoms with Crippen LogP contribution in [0.5, 0.6) is 0 Å². The number of hydrogen-bond acceptors (Lipinski definition) is 10. The second-order valence-electron chi connectivity index (χ2n) is 6.17. The number of ether oxygens (including phenoxy) is 1. The number of carboxylic acid groups (broad SMARTS) is 1. The molecule has 2 atom stereocenters. The van der Waals surface area contributed by atoms with Gasteiger partial charge in [-0.3, -0.25) is 19.3 Å². The zero-order chi connectivity index (χ0) is 22.8. The lowest BCUT2D eigenvalue weighted by Crippen LogP contribution is -2.83. The van der Waals surface area contributed by atoms with Crippen molar-refractivity contribution in [3.8, 4) is 0 Å². The molecule has 2 aliphatic heterocycles. The standard InChI is InChI=1S/C17H15N4O9S/c1-28-20-11(10-3-2-4-29-10)12(23)19-17(15(25)26)13(24)21-9(5-22)8(6-30-16(18)27)7-31-14(17)21/h2-4,14H,6-7H2,1H3,(H2,18,27)(H,19,23)(H,25,26)/t14-,17+/m1/s1. The van der Waals surface area contributed by atoms with Crippen molar-refractivity contribution in [2.45, 2.75) is 10.9 Å². The molecule has 31 heavy (non-hydrogen) atoms. The Kier molecular flexibility index (Phi) is 6.01. The van der Waals surface area contributed by atoms with E-state index in [0.29, 0.717) is 0 Å². The maximum Gasteiger partial charge on any atom is 0.404 e. The van der Waals surface area contributed by atoms with Gasteiger partial charge < -0.3 is 30.1 Å². The van der Waals surface area contributed by atoms with Crippen molar-refractivity contribution in [3.63, 3.8) is 0 Å². The third-order valence-electron chi connectivity index (χ3n) is 4.44. The number of primary amides is 1. The number of carboxylic acids is 1. The van der Waals surface area contributed by atoms with E-state index < -0.39 is 40.5 Å². The van der Waals surface area contributed by atoms with Crippen LogP contribution < -0.4 is 11.1 Å². The van der Waals surface area contributed by atoms with Crippen molar-refractivity contribution in [2.24, 2.45) is 10.9 Å². The average Bonchev–Trinajstić information content (AvgIpc) is 3.27. The Hall–Kier alpha value is -3.81. The van der Waals surface area contributed by atoms with Crippen molar-refractivity contribution in [1.82, 2.24) is 10.2 Å². The van der Waals surface area contributed by atoms with Crippen LogP contribution in [-0.2, 0) is 28.8 Å². The highest BCUT2D eigenvalue weighted by atomic mass is 32.2. The second-order valence-corrected chi connectivity index (χ2v) is 7.24. The van der Waals surface area contributed by atoms with E-state index in [4.69, 9.17) is 10.2 Å². The number of β-lactam (4-membered cyclic amide) rings is 1. The Morgan fingerprint density at radius 2 is 2.26 bits per heavy atom. The summed E-state index contributed by atoms with van der Waals surface area (Å²) in [4.78, 5) is 65.5. The number of fused-ring (bicyclic) bond motifs is 1. The molecular weight excluding hydrogens is 436 g/mol. The van der Waals surface area contributed by atoms with E-state index in [0.717, 1.165) is 16.7 Å².